The van der Waals surface area contributed by atoms with Crippen molar-refractivity contribution < 1.29 is 19.4 Å². The molecule has 0 atom stereocenters. The van der Waals surface area contributed by atoms with Crippen LogP contribution in [0, 0.1) is 0 Å². The lowest BCUT2D eigenvalue weighted by Gasteiger charge is -2.40. The monoisotopic (exact) mass is 581 g/mol. The van der Waals surface area contributed by atoms with Crippen molar-refractivity contribution in [3.8, 4) is 0 Å². The summed E-state index contributed by atoms with van der Waals surface area (Å²) in [6.07, 6.45) is 4.50. The number of fused-ring (bicyclic) bond motifs is 3. The third-order valence-corrected chi connectivity index (χ3v) is 7.98. The number of aromatic nitrogens is 3. The minimum Gasteiger partial charge on any atom is -0.447 e. The molecular weight excluding hydrogens is 546 g/mol. The van der Waals surface area contributed by atoms with Gasteiger partial charge in [-0.3, -0.25) is 4.98 Å². The quantitative estimate of drug-likeness (QED) is 0.391. The first kappa shape index (κ1) is 28.7. The molecule has 218 valence electrons. The fourth-order valence-corrected chi connectivity index (χ4v) is 5.76. The molecule has 1 spiro atoms. The molecule has 2 aromatic heterocycles. The molecule has 0 unspecified atom stereocenters. The lowest BCUT2D eigenvalue weighted by atomic mass is 9.72. The second kappa shape index (κ2) is 10.9. The van der Waals surface area contributed by atoms with E-state index in [0.717, 1.165) is 16.9 Å². The lowest BCUT2D eigenvalue weighted by molar-refractivity contribution is 0.0646. The number of carbonyl (C=O) groups is 2. The summed E-state index contributed by atoms with van der Waals surface area (Å²) in [5.74, 6) is 0.560. The number of aliphatic hydroxyl groups is 1. The van der Waals surface area contributed by atoms with Crippen molar-refractivity contribution in [3.05, 3.63) is 65.3 Å². The minimum absolute atomic E-state index is 0.179. The van der Waals surface area contributed by atoms with Gasteiger partial charge < -0.3 is 25.0 Å². The van der Waals surface area contributed by atoms with Crippen molar-refractivity contribution in [1.82, 2.24) is 24.9 Å². The van der Waals surface area contributed by atoms with Gasteiger partial charge in [-0.05, 0) is 70.4 Å². The van der Waals surface area contributed by atoms with Crippen LogP contribution in [-0.2, 0) is 16.7 Å². The van der Waals surface area contributed by atoms with Crippen LogP contribution in [-0.4, -0.2) is 68.1 Å². The first-order valence-corrected chi connectivity index (χ1v) is 14.1. The van der Waals surface area contributed by atoms with Crippen LogP contribution in [0.3, 0.4) is 0 Å². The van der Waals surface area contributed by atoms with E-state index in [1.54, 1.807) is 47.8 Å². The summed E-state index contributed by atoms with van der Waals surface area (Å²) >= 11 is 6.31. The van der Waals surface area contributed by atoms with Gasteiger partial charge in [-0.2, -0.15) is 0 Å². The number of urea groups is 1. The Bertz CT molecular complexity index is 1490. The Morgan fingerprint density at radius 1 is 1.24 bits per heavy atom. The van der Waals surface area contributed by atoms with Crippen molar-refractivity contribution in [3.63, 3.8) is 0 Å². The third-order valence-electron chi connectivity index (χ3n) is 7.74. The van der Waals surface area contributed by atoms with Crippen LogP contribution in [0.5, 0.6) is 0 Å². The molecule has 1 saturated heterocycles. The standard InChI is InChI=1S/C29H36ClN7O4/c1-18(2)41-27(40)35-12-9-29(10-13-35)19(3)36(24-15-31-11-8-21(24)29)16-25-32-22-7-6-20(30)14-23(22)37(25)34-26(39)33-28(4,5)17-38/h6-8,11,14-15,18,38H,3,9-10,12-13,16-17H2,1-2,4-5H3,(H2,33,34,39). The van der Waals surface area contributed by atoms with Crippen molar-refractivity contribution >= 4 is 40.4 Å². The molecule has 2 aliphatic rings. The summed E-state index contributed by atoms with van der Waals surface area (Å²) < 4.78 is 7.04. The maximum atomic E-state index is 13.0. The van der Waals surface area contributed by atoms with Crippen LogP contribution < -0.4 is 15.6 Å². The highest BCUT2D eigenvalue weighted by atomic mass is 35.5. The number of nitrogens with zero attached hydrogens (tertiary/aromatic N) is 5. The van der Waals surface area contributed by atoms with E-state index in [-0.39, 0.29) is 24.2 Å². The van der Waals surface area contributed by atoms with Crippen LogP contribution in [0.4, 0.5) is 15.3 Å². The Morgan fingerprint density at radius 2 is 1.98 bits per heavy atom. The number of aliphatic hydroxyl groups excluding tert-OH is 1. The maximum Gasteiger partial charge on any atom is 0.410 e. The number of piperidine rings is 1. The smallest absolute Gasteiger partial charge is 0.410 e. The molecule has 11 nitrogen and oxygen atoms in total. The number of pyridine rings is 1. The summed E-state index contributed by atoms with van der Waals surface area (Å²) in [7, 11) is 0. The number of halogens is 1. The van der Waals surface area contributed by atoms with Crippen LogP contribution >= 0.6 is 11.6 Å². The molecule has 5 rings (SSSR count). The van der Waals surface area contributed by atoms with E-state index >= 15 is 0 Å². The largest absolute Gasteiger partial charge is 0.447 e. The van der Waals surface area contributed by atoms with Gasteiger partial charge in [-0.1, -0.05) is 18.2 Å². The number of rotatable bonds is 6. The Hall–Kier alpha value is -3.83. The molecule has 3 amide bonds. The zero-order chi connectivity index (χ0) is 29.5. The molecule has 0 radical (unpaired) electrons. The van der Waals surface area contributed by atoms with Crippen molar-refractivity contribution in [2.24, 2.45) is 0 Å². The van der Waals surface area contributed by atoms with E-state index < -0.39 is 11.6 Å². The molecule has 1 fully saturated rings. The predicted octanol–water partition coefficient (Wildman–Crippen LogP) is 4.52. The predicted molar refractivity (Wildman–Crippen MR) is 157 cm³/mol. The Kier molecular flexibility index (Phi) is 7.60. The molecule has 0 saturated carbocycles. The number of imidazole rings is 1. The number of hydrogen-bond acceptors (Lipinski definition) is 7. The molecule has 3 N–H and O–H groups in total. The number of ether oxygens (including phenoxy) is 1. The van der Waals surface area contributed by atoms with Crippen LogP contribution in [0.1, 0.15) is 51.9 Å². The molecule has 2 aliphatic heterocycles. The zero-order valence-corrected chi connectivity index (χ0v) is 24.5. The van der Waals surface area contributed by atoms with Crippen molar-refractivity contribution in [1.29, 1.82) is 0 Å². The summed E-state index contributed by atoms with van der Waals surface area (Å²) in [5, 5.41) is 12.9. The maximum absolute atomic E-state index is 13.0. The SMILES string of the molecule is C=C1N(Cc2nc3ccc(Cl)cc3n2NC(=O)NC(C)(C)CO)c2cnccc2C12CCN(C(=O)OC(C)C)CC2. The van der Waals surface area contributed by atoms with Gasteiger partial charge in [0.05, 0.1) is 47.7 Å². The Morgan fingerprint density at radius 3 is 2.66 bits per heavy atom. The van der Waals surface area contributed by atoms with Gasteiger partial charge in [-0.15, -0.1) is 0 Å². The van der Waals surface area contributed by atoms with E-state index in [1.165, 1.54) is 0 Å². The molecule has 4 heterocycles. The summed E-state index contributed by atoms with van der Waals surface area (Å²) in [5.41, 5.74) is 5.88. The Labute approximate surface area is 244 Å². The number of anilines is 1. The summed E-state index contributed by atoms with van der Waals surface area (Å²) in [6.45, 7) is 12.8. The molecular formula is C29H36ClN7O4. The summed E-state index contributed by atoms with van der Waals surface area (Å²) in [4.78, 5) is 38.6. The highest BCUT2D eigenvalue weighted by Crippen LogP contribution is 2.53. The average Bonchev–Trinajstić information content (AvgIpc) is 3.36. The zero-order valence-electron chi connectivity index (χ0n) is 23.8. The van der Waals surface area contributed by atoms with Gasteiger partial charge in [-0.25, -0.2) is 24.7 Å². The third kappa shape index (κ3) is 5.43. The molecule has 3 aromatic rings. The number of amides is 3. The number of nitrogens with one attached hydrogen (secondary N) is 2. The summed E-state index contributed by atoms with van der Waals surface area (Å²) in [6, 6.07) is 6.82. The number of allylic oxidation sites excluding steroid dienone is 1. The van der Waals surface area contributed by atoms with E-state index in [9.17, 15) is 14.7 Å². The lowest BCUT2D eigenvalue weighted by Crippen LogP contribution is -2.50. The first-order valence-electron chi connectivity index (χ1n) is 13.7. The number of carbonyl (C=O) groups excluding carboxylic acids is 2. The fraction of sp³-hybridized carbons (Fsp3) is 0.448. The average molecular weight is 582 g/mol. The fourth-order valence-electron chi connectivity index (χ4n) is 5.60. The van der Waals surface area contributed by atoms with E-state index in [1.807, 2.05) is 26.1 Å². The van der Waals surface area contributed by atoms with Gasteiger partial charge in [0.25, 0.3) is 0 Å². The number of hydrogen-bond donors (Lipinski definition) is 3. The first-order chi connectivity index (χ1) is 19.4. The van der Waals surface area contributed by atoms with Crippen LogP contribution in [0.15, 0.2) is 48.9 Å². The highest BCUT2D eigenvalue weighted by molar-refractivity contribution is 6.31. The van der Waals surface area contributed by atoms with E-state index in [4.69, 9.17) is 21.3 Å². The van der Waals surface area contributed by atoms with Gasteiger partial charge in [0, 0.05) is 35.4 Å². The van der Waals surface area contributed by atoms with Gasteiger partial charge in [0.1, 0.15) is 5.82 Å². The van der Waals surface area contributed by atoms with E-state index in [2.05, 4.69) is 27.2 Å². The van der Waals surface area contributed by atoms with Crippen molar-refractivity contribution in [2.45, 2.75) is 64.1 Å². The van der Waals surface area contributed by atoms with Crippen LogP contribution in [0.2, 0.25) is 5.02 Å². The normalized spacial score (nSPS) is 16.4. The highest BCUT2D eigenvalue weighted by Gasteiger charge is 2.49. The minimum atomic E-state index is -0.824. The number of likely N-dealkylation sites (tertiary alicyclic amines) is 1. The van der Waals surface area contributed by atoms with E-state index in [0.29, 0.717) is 54.4 Å². The molecule has 0 aliphatic carbocycles. The topological polar surface area (TPSA) is 125 Å². The van der Waals surface area contributed by atoms with Gasteiger partial charge >= 0.3 is 12.1 Å². The van der Waals surface area contributed by atoms with Crippen molar-refractivity contribution in [2.75, 3.05) is 30.0 Å². The van der Waals surface area contributed by atoms with Gasteiger partial charge in [0.2, 0.25) is 0 Å². The molecule has 12 heteroatoms. The number of benzene rings is 1. The van der Waals surface area contributed by atoms with Crippen LogP contribution in [0.25, 0.3) is 11.0 Å². The molecule has 0 bridgehead atoms. The van der Waals surface area contributed by atoms with Gasteiger partial charge in [0.15, 0.2) is 0 Å². The molecule has 41 heavy (non-hydrogen) atoms. The molecule has 1 aromatic carbocycles. The Balaban J connectivity index is 1.46. The second-order valence-corrected chi connectivity index (χ2v) is 12.0. The second-order valence-electron chi connectivity index (χ2n) is 11.5.